The Kier molecular flexibility index (Phi) is 2.68. The largest absolute Gasteiger partial charge is 0.500 e. The van der Waals surface area contributed by atoms with Crippen LogP contribution in [-0.4, -0.2) is 28.3 Å². The molecule has 2 heterocycles. The molecule has 1 aliphatic rings. The van der Waals surface area contributed by atoms with Crippen LogP contribution in [0.15, 0.2) is 12.4 Å². The van der Waals surface area contributed by atoms with Crippen LogP contribution in [0.1, 0.15) is 27.7 Å². The van der Waals surface area contributed by atoms with Crippen molar-refractivity contribution in [3.05, 3.63) is 23.8 Å². The zero-order chi connectivity index (χ0) is 12.7. The summed E-state index contributed by atoms with van der Waals surface area (Å²) >= 11 is 0. The Bertz CT molecular complexity index is 449. The van der Waals surface area contributed by atoms with E-state index in [4.69, 9.17) is 15.9 Å². The minimum Gasteiger partial charge on any atom is -0.399 e. The van der Waals surface area contributed by atoms with E-state index in [0.717, 1.165) is 5.46 Å². The lowest BCUT2D eigenvalue weighted by Gasteiger charge is -2.32. The van der Waals surface area contributed by atoms with E-state index in [1.54, 1.807) is 12.4 Å². The third-order valence-corrected chi connectivity index (χ3v) is 3.28. The predicted octanol–water partition coefficient (Wildman–Crippen LogP) is 1.33. The van der Waals surface area contributed by atoms with Gasteiger partial charge >= 0.3 is 13.1 Å². The van der Waals surface area contributed by atoms with Crippen LogP contribution < -0.4 is 5.46 Å². The van der Waals surface area contributed by atoms with E-state index in [9.17, 15) is 0 Å². The van der Waals surface area contributed by atoms with E-state index in [0.29, 0.717) is 0 Å². The fraction of sp³-hybridized carbons (Fsp3) is 0.545. The van der Waals surface area contributed by atoms with Gasteiger partial charge in [-0.3, -0.25) is 0 Å². The average molecular weight is 231 g/mol. The summed E-state index contributed by atoms with van der Waals surface area (Å²) in [6.07, 6.45) is 3.14. The van der Waals surface area contributed by atoms with Crippen LogP contribution in [0.2, 0.25) is 0 Å². The Morgan fingerprint density at radius 1 is 1.12 bits per heavy atom. The molecule has 0 N–H and O–H groups in total. The molecule has 1 aromatic rings. The summed E-state index contributed by atoms with van der Waals surface area (Å²) < 4.78 is 11.7. The van der Waals surface area contributed by atoms with Gasteiger partial charge in [0.05, 0.1) is 23.6 Å². The van der Waals surface area contributed by atoms with E-state index in [-0.39, 0.29) is 17.2 Å². The van der Waals surface area contributed by atoms with Crippen LogP contribution in [0.5, 0.6) is 0 Å². The second-order valence-electron chi connectivity index (χ2n) is 5.02. The van der Waals surface area contributed by atoms with Gasteiger partial charge in [0.15, 0.2) is 0 Å². The first-order valence-corrected chi connectivity index (χ1v) is 5.41. The molecule has 0 aliphatic carbocycles. The van der Waals surface area contributed by atoms with E-state index in [2.05, 4.69) is 14.8 Å². The highest BCUT2D eigenvalue weighted by molar-refractivity contribution is 6.61. The third-order valence-electron chi connectivity index (χ3n) is 3.28. The fourth-order valence-electron chi connectivity index (χ4n) is 1.49. The molecule has 0 amide bonds. The molecule has 0 spiro atoms. The van der Waals surface area contributed by atoms with E-state index in [1.165, 1.54) is 0 Å². The summed E-state index contributed by atoms with van der Waals surface area (Å²) in [6.45, 7) is 14.7. The maximum Gasteiger partial charge on any atom is 0.500 e. The van der Waals surface area contributed by atoms with Crippen molar-refractivity contribution in [2.75, 3.05) is 0 Å². The van der Waals surface area contributed by atoms with Gasteiger partial charge < -0.3 is 14.2 Å². The number of nitrogens with zero attached hydrogens (tertiary/aromatic N) is 3. The highest BCUT2D eigenvalue weighted by Gasteiger charge is 2.52. The van der Waals surface area contributed by atoms with Crippen LogP contribution in [-0.2, 0) is 9.31 Å². The van der Waals surface area contributed by atoms with E-state index >= 15 is 0 Å². The maximum absolute atomic E-state index is 6.79. The van der Waals surface area contributed by atoms with Crippen molar-refractivity contribution < 1.29 is 9.31 Å². The van der Waals surface area contributed by atoms with Crippen LogP contribution in [0.25, 0.3) is 4.85 Å². The molecular weight excluding hydrogens is 217 g/mol. The van der Waals surface area contributed by atoms with Gasteiger partial charge in [-0.15, -0.1) is 6.57 Å². The molecule has 1 aromatic heterocycles. The molecule has 1 fully saturated rings. The second kappa shape index (κ2) is 3.79. The monoisotopic (exact) mass is 231 g/mol. The van der Waals surface area contributed by atoms with Gasteiger partial charge in [-0.2, -0.15) is 9.97 Å². The molecule has 2 rings (SSSR count). The highest BCUT2D eigenvalue weighted by atomic mass is 16.7. The first kappa shape index (κ1) is 12.0. The minimum absolute atomic E-state index is 0.130. The lowest BCUT2D eigenvalue weighted by Crippen LogP contribution is -2.41. The normalized spacial score (nSPS) is 21.2. The highest BCUT2D eigenvalue weighted by Crippen LogP contribution is 2.36. The zero-order valence-electron chi connectivity index (χ0n) is 10.4. The Labute approximate surface area is 101 Å². The predicted molar refractivity (Wildman–Crippen MR) is 64.0 cm³/mol. The molecule has 6 heteroatoms. The topological polar surface area (TPSA) is 48.6 Å². The number of rotatable bonds is 1. The number of hydrogen-bond donors (Lipinski definition) is 0. The lowest BCUT2D eigenvalue weighted by atomic mass is 9.81. The first-order chi connectivity index (χ1) is 7.86. The summed E-state index contributed by atoms with van der Waals surface area (Å²) in [5.74, 6) is 0.130. The summed E-state index contributed by atoms with van der Waals surface area (Å²) in [5.41, 5.74) is -0.0252. The van der Waals surface area contributed by atoms with Crippen molar-refractivity contribution >= 4 is 18.5 Å². The van der Waals surface area contributed by atoms with Crippen molar-refractivity contribution in [2.45, 2.75) is 38.9 Å². The van der Waals surface area contributed by atoms with Crippen LogP contribution in [0.4, 0.5) is 5.95 Å². The Hall–Kier alpha value is -1.45. The van der Waals surface area contributed by atoms with Gasteiger partial charge in [0.25, 0.3) is 0 Å². The summed E-state index contributed by atoms with van der Waals surface area (Å²) in [7, 11) is -0.472. The number of aromatic nitrogens is 2. The molecule has 1 saturated heterocycles. The maximum atomic E-state index is 6.79. The average Bonchev–Trinajstić information content (AvgIpc) is 2.48. The van der Waals surface area contributed by atoms with Crippen molar-refractivity contribution in [1.82, 2.24) is 9.97 Å². The summed E-state index contributed by atoms with van der Waals surface area (Å²) in [6, 6.07) is 0. The smallest absolute Gasteiger partial charge is 0.399 e. The van der Waals surface area contributed by atoms with Gasteiger partial charge in [-0.1, -0.05) is 0 Å². The molecule has 0 unspecified atom stereocenters. The van der Waals surface area contributed by atoms with Crippen LogP contribution >= 0.6 is 0 Å². The molecule has 17 heavy (non-hydrogen) atoms. The Morgan fingerprint density at radius 3 is 2.00 bits per heavy atom. The van der Waals surface area contributed by atoms with Gasteiger partial charge in [-0.05, 0) is 27.7 Å². The van der Waals surface area contributed by atoms with E-state index in [1.807, 2.05) is 27.7 Å². The SMILES string of the molecule is [C-]#[N+]c1ncc(B2OC(C)(C)C(C)(C)O2)cn1. The molecular formula is C11H14BN3O2. The molecule has 0 saturated carbocycles. The van der Waals surface area contributed by atoms with Crippen LogP contribution in [0.3, 0.4) is 0 Å². The van der Waals surface area contributed by atoms with Crippen molar-refractivity contribution in [2.24, 2.45) is 0 Å². The summed E-state index contributed by atoms with van der Waals surface area (Å²) in [4.78, 5) is 11.0. The molecule has 5 nitrogen and oxygen atoms in total. The fourth-order valence-corrected chi connectivity index (χ4v) is 1.49. The molecule has 0 atom stereocenters. The quantitative estimate of drug-likeness (QED) is 0.540. The van der Waals surface area contributed by atoms with Gasteiger partial charge in [0, 0.05) is 5.46 Å². The molecule has 0 radical (unpaired) electrons. The molecule has 1 aliphatic heterocycles. The zero-order valence-corrected chi connectivity index (χ0v) is 10.4. The molecule has 0 bridgehead atoms. The van der Waals surface area contributed by atoms with Crippen molar-refractivity contribution in [1.29, 1.82) is 0 Å². The Balaban J connectivity index is 2.23. The molecule has 0 aromatic carbocycles. The number of hydrogen-bond acceptors (Lipinski definition) is 4. The Morgan fingerprint density at radius 2 is 1.59 bits per heavy atom. The third kappa shape index (κ3) is 2.04. The standard InChI is InChI=1S/C11H14BN3O2/c1-10(2)11(3,4)17-12(16-10)8-6-14-9(13-5)15-7-8/h6-7H,1-4H3. The second-order valence-corrected chi connectivity index (χ2v) is 5.02. The molecule has 88 valence electrons. The first-order valence-electron chi connectivity index (χ1n) is 5.41. The van der Waals surface area contributed by atoms with E-state index < -0.39 is 7.12 Å². The van der Waals surface area contributed by atoms with Gasteiger partial charge in [0.2, 0.25) is 0 Å². The summed E-state index contributed by atoms with van der Waals surface area (Å²) in [5, 5.41) is 0. The van der Waals surface area contributed by atoms with Gasteiger partial charge in [-0.25, -0.2) is 0 Å². The minimum atomic E-state index is -0.472. The lowest BCUT2D eigenvalue weighted by molar-refractivity contribution is 0.00578. The van der Waals surface area contributed by atoms with Crippen molar-refractivity contribution in [3.8, 4) is 0 Å². The van der Waals surface area contributed by atoms with Crippen molar-refractivity contribution in [3.63, 3.8) is 0 Å². The van der Waals surface area contributed by atoms with Crippen LogP contribution in [0, 0.1) is 6.57 Å². The van der Waals surface area contributed by atoms with Gasteiger partial charge in [0.1, 0.15) is 0 Å².